The topological polar surface area (TPSA) is 38.0 Å². The van der Waals surface area contributed by atoms with Crippen molar-refractivity contribution in [3.63, 3.8) is 0 Å². The van der Waals surface area contributed by atoms with Crippen molar-refractivity contribution < 1.29 is 0 Å². The molecule has 2 nitrogen and oxygen atoms in total. The van der Waals surface area contributed by atoms with Crippen molar-refractivity contribution in [2.75, 3.05) is 6.54 Å². The van der Waals surface area contributed by atoms with Crippen LogP contribution in [0.1, 0.15) is 6.42 Å². The molecule has 0 saturated heterocycles. The Morgan fingerprint density at radius 1 is 1.83 bits per heavy atom. The summed E-state index contributed by atoms with van der Waals surface area (Å²) >= 11 is 0. The molecular formula is C4H8N2. The van der Waals surface area contributed by atoms with Crippen LogP contribution in [0.15, 0.2) is 11.9 Å². The number of hydrogen-bond acceptors (Lipinski definition) is 2. The molecule has 1 aliphatic rings. The molecule has 0 radical (unpaired) electrons. The predicted octanol–water partition coefficient (Wildman–Crippen LogP) is -0.220. The molecule has 1 aliphatic heterocycles. The smallest absolute Gasteiger partial charge is 0.0919 e. The lowest BCUT2D eigenvalue weighted by Crippen LogP contribution is -2.13. The molecule has 3 N–H and O–H groups in total. The van der Waals surface area contributed by atoms with E-state index in [-0.39, 0.29) is 0 Å². The summed E-state index contributed by atoms with van der Waals surface area (Å²) in [6.45, 7) is 1.02. The largest absolute Gasteiger partial charge is 0.386 e. The maximum Gasteiger partial charge on any atom is 0.0919 e. The van der Waals surface area contributed by atoms with Gasteiger partial charge in [0.25, 0.3) is 0 Å². The zero-order chi connectivity index (χ0) is 4.41. The van der Waals surface area contributed by atoms with Gasteiger partial charge in [-0.05, 0) is 12.5 Å². The molecule has 0 fully saturated rings. The van der Waals surface area contributed by atoms with E-state index in [1.165, 1.54) is 0 Å². The third-order valence-corrected chi connectivity index (χ3v) is 0.838. The molecule has 0 atom stereocenters. The Kier molecular flexibility index (Phi) is 0.708. The number of nitrogens with two attached hydrogens (primary N) is 1. The highest BCUT2D eigenvalue weighted by Gasteiger charge is 1.93. The Morgan fingerprint density at radius 2 is 2.67 bits per heavy atom. The van der Waals surface area contributed by atoms with E-state index in [0.717, 1.165) is 18.8 Å². The average Bonchev–Trinajstić information content (AvgIpc) is 1.86. The van der Waals surface area contributed by atoms with Crippen molar-refractivity contribution in [2.24, 2.45) is 5.73 Å². The van der Waals surface area contributed by atoms with Gasteiger partial charge in [0.2, 0.25) is 0 Å². The zero-order valence-electron chi connectivity index (χ0n) is 3.57. The molecule has 0 saturated carbocycles. The standard InChI is InChI=1S/C4H8N2/c5-4-2-1-3-6-4/h2,6H,1,3,5H2. The van der Waals surface area contributed by atoms with E-state index >= 15 is 0 Å². The van der Waals surface area contributed by atoms with Gasteiger partial charge in [-0.3, -0.25) is 0 Å². The molecule has 6 heavy (non-hydrogen) atoms. The van der Waals surface area contributed by atoms with Gasteiger partial charge in [-0.15, -0.1) is 0 Å². The van der Waals surface area contributed by atoms with Crippen molar-refractivity contribution >= 4 is 0 Å². The molecule has 0 aromatic rings. The lowest BCUT2D eigenvalue weighted by atomic mass is 10.5. The van der Waals surface area contributed by atoms with Gasteiger partial charge in [0, 0.05) is 6.54 Å². The van der Waals surface area contributed by atoms with Crippen LogP contribution in [0, 0.1) is 0 Å². The second kappa shape index (κ2) is 1.20. The molecule has 0 amide bonds. The molecule has 0 aromatic carbocycles. The molecule has 1 rings (SSSR count). The van der Waals surface area contributed by atoms with Crippen molar-refractivity contribution in [1.29, 1.82) is 0 Å². The summed E-state index contributed by atoms with van der Waals surface area (Å²) in [4.78, 5) is 0. The summed E-state index contributed by atoms with van der Waals surface area (Å²) in [7, 11) is 0. The Bertz CT molecular complexity index is 75.6. The third kappa shape index (κ3) is 0.455. The van der Waals surface area contributed by atoms with Gasteiger partial charge in [-0.25, -0.2) is 0 Å². The summed E-state index contributed by atoms with van der Waals surface area (Å²) in [5, 5.41) is 2.96. The van der Waals surface area contributed by atoms with Crippen LogP contribution in [-0.4, -0.2) is 6.54 Å². The lowest BCUT2D eigenvalue weighted by molar-refractivity contribution is 0.865. The maximum absolute atomic E-state index is 5.28. The Hall–Kier alpha value is -0.660. The summed E-state index contributed by atoms with van der Waals surface area (Å²) < 4.78 is 0. The van der Waals surface area contributed by atoms with Gasteiger partial charge < -0.3 is 11.1 Å². The van der Waals surface area contributed by atoms with E-state index in [1.54, 1.807) is 0 Å². The Labute approximate surface area is 37.0 Å². The Morgan fingerprint density at radius 3 is 2.83 bits per heavy atom. The third-order valence-electron chi connectivity index (χ3n) is 0.838. The number of rotatable bonds is 0. The fourth-order valence-electron chi connectivity index (χ4n) is 0.516. The summed E-state index contributed by atoms with van der Waals surface area (Å²) in [5.41, 5.74) is 5.28. The van der Waals surface area contributed by atoms with E-state index in [4.69, 9.17) is 5.73 Å². The van der Waals surface area contributed by atoms with Crippen LogP contribution < -0.4 is 11.1 Å². The van der Waals surface area contributed by atoms with Gasteiger partial charge >= 0.3 is 0 Å². The first kappa shape index (κ1) is 3.53. The average molecular weight is 84.1 g/mol. The van der Waals surface area contributed by atoms with Crippen molar-refractivity contribution in [2.45, 2.75) is 6.42 Å². The van der Waals surface area contributed by atoms with Crippen LogP contribution in [0.25, 0.3) is 0 Å². The van der Waals surface area contributed by atoms with E-state index in [9.17, 15) is 0 Å². The van der Waals surface area contributed by atoms with Crippen LogP contribution >= 0.6 is 0 Å². The van der Waals surface area contributed by atoms with Gasteiger partial charge in [0.05, 0.1) is 5.82 Å². The minimum absolute atomic E-state index is 0.829. The molecule has 0 bridgehead atoms. The van der Waals surface area contributed by atoms with Crippen LogP contribution in [-0.2, 0) is 0 Å². The molecule has 2 heteroatoms. The Balaban J connectivity index is 2.45. The summed E-state index contributed by atoms with van der Waals surface area (Å²) in [6, 6.07) is 0. The fraction of sp³-hybridized carbons (Fsp3) is 0.500. The normalized spacial score (nSPS) is 19.7. The molecule has 0 spiro atoms. The van der Waals surface area contributed by atoms with Crippen molar-refractivity contribution in [1.82, 2.24) is 5.32 Å². The highest BCUT2D eigenvalue weighted by molar-refractivity contribution is 4.99. The first-order valence-corrected chi connectivity index (χ1v) is 2.09. The molecule has 1 heterocycles. The van der Waals surface area contributed by atoms with Gasteiger partial charge in [-0.1, -0.05) is 0 Å². The van der Waals surface area contributed by atoms with E-state index in [2.05, 4.69) is 5.32 Å². The van der Waals surface area contributed by atoms with Crippen LogP contribution in [0.3, 0.4) is 0 Å². The van der Waals surface area contributed by atoms with Crippen molar-refractivity contribution in [3.05, 3.63) is 11.9 Å². The quantitative estimate of drug-likeness (QED) is 0.426. The number of hydrogen-bond donors (Lipinski definition) is 2. The van der Waals surface area contributed by atoms with E-state index in [1.807, 2.05) is 6.08 Å². The van der Waals surface area contributed by atoms with E-state index < -0.39 is 0 Å². The maximum atomic E-state index is 5.28. The minimum Gasteiger partial charge on any atom is -0.386 e. The summed E-state index contributed by atoms with van der Waals surface area (Å²) in [5.74, 6) is 0.829. The molecule has 0 aliphatic carbocycles. The lowest BCUT2D eigenvalue weighted by Gasteiger charge is -1.89. The van der Waals surface area contributed by atoms with Crippen LogP contribution in [0.5, 0.6) is 0 Å². The second-order valence-corrected chi connectivity index (χ2v) is 1.37. The highest BCUT2D eigenvalue weighted by atomic mass is 15.0. The second-order valence-electron chi connectivity index (χ2n) is 1.37. The van der Waals surface area contributed by atoms with Crippen LogP contribution in [0.4, 0.5) is 0 Å². The molecular weight excluding hydrogens is 76.1 g/mol. The van der Waals surface area contributed by atoms with Crippen LogP contribution in [0.2, 0.25) is 0 Å². The molecule has 0 aromatic heterocycles. The minimum atomic E-state index is 0.829. The van der Waals surface area contributed by atoms with Crippen molar-refractivity contribution in [3.8, 4) is 0 Å². The SMILES string of the molecule is NC1=CCCN1. The predicted molar refractivity (Wildman–Crippen MR) is 24.9 cm³/mol. The molecule has 0 unspecified atom stereocenters. The van der Waals surface area contributed by atoms with Gasteiger partial charge in [-0.2, -0.15) is 0 Å². The highest BCUT2D eigenvalue weighted by Crippen LogP contribution is 1.90. The number of nitrogens with one attached hydrogen (secondary N) is 1. The van der Waals surface area contributed by atoms with Gasteiger partial charge in [0.15, 0.2) is 0 Å². The van der Waals surface area contributed by atoms with Gasteiger partial charge in [0.1, 0.15) is 0 Å². The fourth-order valence-corrected chi connectivity index (χ4v) is 0.516. The summed E-state index contributed by atoms with van der Waals surface area (Å²) in [6.07, 6.45) is 3.08. The monoisotopic (exact) mass is 84.1 g/mol. The molecule has 34 valence electrons. The zero-order valence-corrected chi connectivity index (χ0v) is 3.57. The first-order valence-electron chi connectivity index (χ1n) is 2.09. The first-order chi connectivity index (χ1) is 2.89. The van der Waals surface area contributed by atoms with E-state index in [0.29, 0.717) is 0 Å².